The number of hydrogen-bond donors (Lipinski definition) is 0. The summed E-state index contributed by atoms with van der Waals surface area (Å²) in [6.45, 7) is 6.03. The van der Waals surface area contributed by atoms with Crippen molar-refractivity contribution in [3.8, 4) is 17.6 Å². The van der Waals surface area contributed by atoms with Crippen molar-refractivity contribution < 1.29 is 18.7 Å². The van der Waals surface area contributed by atoms with Gasteiger partial charge in [-0.1, -0.05) is 24.0 Å². The van der Waals surface area contributed by atoms with Gasteiger partial charge in [-0.25, -0.2) is 4.39 Å². The average Bonchev–Trinajstić information content (AvgIpc) is 2.73. The van der Waals surface area contributed by atoms with Crippen LogP contribution in [0.2, 0.25) is 0 Å². The van der Waals surface area contributed by atoms with E-state index < -0.39 is 0 Å². The summed E-state index contributed by atoms with van der Waals surface area (Å²) in [6, 6.07) is 11.9. The molecule has 0 bridgehead atoms. The summed E-state index contributed by atoms with van der Waals surface area (Å²) in [7, 11) is 0. The summed E-state index contributed by atoms with van der Waals surface area (Å²) in [5.74, 6) is 5.64. The van der Waals surface area contributed by atoms with Crippen molar-refractivity contribution in [2.75, 3.05) is 6.61 Å². The van der Waals surface area contributed by atoms with Crippen LogP contribution in [0.3, 0.4) is 0 Å². The number of ether oxygens (including phenoxy) is 2. The third-order valence-electron chi connectivity index (χ3n) is 5.00. The zero-order valence-corrected chi connectivity index (χ0v) is 16.6. The monoisotopic (exact) mass is 392 g/mol. The lowest BCUT2D eigenvalue weighted by molar-refractivity contribution is -0.140. The Bertz CT molecular complexity index is 913. The van der Waals surface area contributed by atoms with Crippen LogP contribution in [0.4, 0.5) is 4.39 Å². The highest BCUT2D eigenvalue weighted by molar-refractivity contribution is 5.75. The fourth-order valence-electron chi connectivity index (χ4n) is 3.34. The van der Waals surface area contributed by atoms with Crippen molar-refractivity contribution in [3.63, 3.8) is 0 Å². The van der Waals surface area contributed by atoms with Crippen molar-refractivity contribution in [2.45, 2.75) is 38.7 Å². The van der Waals surface area contributed by atoms with Gasteiger partial charge in [0.05, 0.1) is 24.2 Å². The molecule has 29 heavy (non-hydrogen) atoms. The molecule has 1 fully saturated rings. The topological polar surface area (TPSA) is 35.5 Å². The average molecular weight is 392 g/mol. The van der Waals surface area contributed by atoms with Crippen molar-refractivity contribution in [1.29, 1.82) is 0 Å². The number of hydrogen-bond acceptors (Lipinski definition) is 3. The molecule has 0 amide bonds. The Morgan fingerprint density at radius 3 is 2.52 bits per heavy atom. The van der Waals surface area contributed by atoms with E-state index in [1.807, 2.05) is 13.0 Å². The molecule has 0 spiro atoms. The van der Waals surface area contributed by atoms with E-state index in [9.17, 15) is 9.18 Å². The lowest BCUT2D eigenvalue weighted by Gasteiger charge is -2.26. The lowest BCUT2D eigenvalue weighted by Crippen LogP contribution is -2.28. The van der Waals surface area contributed by atoms with Crippen LogP contribution in [0.25, 0.3) is 0 Å². The number of rotatable bonds is 5. The second-order valence-electron chi connectivity index (χ2n) is 7.27. The van der Waals surface area contributed by atoms with Crippen molar-refractivity contribution in [1.82, 2.24) is 0 Å². The fraction of sp³-hybridized carbons (Fsp3) is 0.320. The summed E-state index contributed by atoms with van der Waals surface area (Å²) < 4.78 is 25.0. The van der Waals surface area contributed by atoms with Gasteiger partial charge in [-0.15, -0.1) is 6.58 Å². The van der Waals surface area contributed by atoms with Gasteiger partial charge in [0, 0.05) is 5.56 Å². The molecular formula is C25H25FO3. The van der Waals surface area contributed by atoms with Crippen molar-refractivity contribution in [2.24, 2.45) is 5.92 Å². The Morgan fingerprint density at radius 2 is 1.86 bits per heavy atom. The third-order valence-corrected chi connectivity index (χ3v) is 5.00. The maximum absolute atomic E-state index is 13.9. The van der Waals surface area contributed by atoms with Gasteiger partial charge in [0.15, 0.2) is 0 Å². The Hall–Kier alpha value is -2.90. The molecule has 0 atom stereocenters. The van der Waals surface area contributed by atoms with Crippen LogP contribution in [0, 0.1) is 30.5 Å². The van der Waals surface area contributed by atoms with Crippen LogP contribution in [-0.2, 0) is 9.53 Å². The van der Waals surface area contributed by atoms with E-state index in [1.54, 1.807) is 36.4 Å². The van der Waals surface area contributed by atoms with E-state index in [2.05, 4.69) is 18.4 Å². The van der Waals surface area contributed by atoms with Gasteiger partial charge in [0.2, 0.25) is 0 Å². The minimum Gasteiger partial charge on any atom is -0.426 e. The number of aryl methyl sites for hydroxylation is 1. The Balaban J connectivity index is 1.54. The molecule has 0 heterocycles. The van der Waals surface area contributed by atoms with Crippen LogP contribution in [0.1, 0.15) is 42.4 Å². The fourth-order valence-corrected chi connectivity index (χ4v) is 3.34. The summed E-state index contributed by atoms with van der Waals surface area (Å²) in [5.41, 5.74) is 1.94. The van der Waals surface area contributed by atoms with Gasteiger partial charge >= 0.3 is 5.97 Å². The molecule has 4 heteroatoms. The molecule has 0 saturated heterocycles. The minimum atomic E-state index is -0.326. The minimum absolute atomic E-state index is 0.0949. The highest BCUT2D eigenvalue weighted by Gasteiger charge is 2.28. The first-order valence-corrected chi connectivity index (χ1v) is 9.87. The van der Waals surface area contributed by atoms with E-state index in [0.717, 1.165) is 36.8 Å². The normalized spacial score (nSPS) is 18.4. The van der Waals surface area contributed by atoms with Crippen molar-refractivity contribution >= 4 is 5.97 Å². The van der Waals surface area contributed by atoms with Gasteiger partial charge in [0.25, 0.3) is 0 Å². The van der Waals surface area contributed by atoms with Gasteiger partial charge < -0.3 is 9.47 Å². The second-order valence-corrected chi connectivity index (χ2v) is 7.27. The van der Waals surface area contributed by atoms with E-state index in [0.29, 0.717) is 17.9 Å². The smallest absolute Gasteiger partial charge is 0.314 e. The largest absolute Gasteiger partial charge is 0.426 e. The number of carbonyl (C=O) groups excluding carboxylic acids is 1. The van der Waals surface area contributed by atoms with Crippen LogP contribution >= 0.6 is 0 Å². The highest BCUT2D eigenvalue weighted by atomic mass is 19.1. The molecule has 150 valence electrons. The van der Waals surface area contributed by atoms with Gasteiger partial charge in [-0.2, -0.15) is 0 Å². The number of carbonyl (C=O) groups is 1. The third kappa shape index (κ3) is 6.04. The first-order chi connectivity index (χ1) is 14.0. The van der Waals surface area contributed by atoms with E-state index in [1.165, 1.54) is 6.07 Å². The molecule has 1 aliphatic rings. The maximum atomic E-state index is 13.9. The van der Waals surface area contributed by atoms with Crippen LogP contribution in [0.15, 0.2) is 55.1 Å². The van der Waals surface area contributed by atoms with E-state index in [4.69, 9.17) is 9.47 Å². The zero-order valence-electron chi connectivity index (χ0n) is 16.6. The first-order valence-electron chi connectivity index (χ1n) is 9.87. The second kappa shape index (κ2) is 10.0. The number of halogens is 1. The van der Waals surface area contributed by atoms with E-state index >= 15 is 0 Å². The molecule has 2 aromatic carbocycles. The van der Waals surface area contributed by atoms with Gasteiger partial charge in [0.1, 0.15) is 11.6 Å². The van der Waals surface area contributed by atoms with Crippen molar-refractivity contribution in [3.05, 3.63) is 77.6 Å². The molecule has 0 unspecified atom stereocenters. The molecule has 1 aliphatic carbocycles. The highest BCUT2D eigenvalue weighted by Crippen LogP contribution is 2.28. The summed E-state index contributed by atoms with van der Waals surface area (Å²) in [6.07, 6.45) is 5.20. The van der Waals surface area contributed by atoms with Crippen LogP contribution < -0.4 is 4.74 Å². The standard InChI is InChI=1S/C25H25FO3/c1-3-16-28-22-14-10-21(11-15-22)25(27)29-23-12-6-19(7-13-23)5-9-20-8-4-18(2)17-24(20)26/h3-4,6-8,12-13,17,21-22H,1,10-11,14-16H2,2H3. The van der Waals surface area contributed by atoms with E-state index in [-0.39, 0.29) is 23.8 Å². The molecular weight excluding hydrogens is 367 g/mol. The Kier molecular flexibility index (Phi) is 7.21. The molecule has 2 aromatic rings. The lowest BCUT2D eigenvalue weighted by atomic mass is 9.87. The summed E-state index contributed by atoms with van der Waals surface area (Å²) >= 11 is 0. The van der Waals surface area contributed by atoms with Gasteiger partial charge in [-0.05, 0) is 74.6 Å². The van der Waals surface area contributed by atoms with Crippen LogP contribution in [-0.4, -0.2) is 18.7 Å². The first kappa shape index (κ1) is 20.8. The molecule has 0 N–H and O–H groups in total. The maximum Gasteiger partial charge on any atom is 0.314 e. The molecule has 3 nitrogen and oxygen atoms in total. The molecule has 1 saturated carbocycles. The molecule has 0 aliphatic heterocycles. The molecule has 0 radical (unpaired) electrons. The number of benzene rings is 2. The predicted molar refractivity (Wildman–Crippen MR) is 111 cm³/mol. The molecule has 0 aromatic heterocycles. The zero-order chi connectivity index (χ0) is 20.6. The number of esters is 1. The Morgan fingerprint density at radius 1 is 1.14 bits per heavy atom. The quantitative estimate of drug-likeness (QED) is 0.304. The summed E-state index contributed by atoms with van der Waals surface area (Å²) in [4.78, 5) is 12.4. The SMILES string of the molecule is C=CCOC1CCC(C(=O)Oc2ccc(C#Cc3ccc(C)cc3F)cc2)CC1. The molecule has 3 rings (SSSR count). The van der Waals surface area contributed by atoms with Crippen LogP contribution in [0.5, 0.6) is 5.75 Å². The Labute approximate surface area is 171 Å². The predicted octanol–water partition coefficient (Wildman–Crippen LogP) is 5.20. The summed E-state index contributed by atoms with van der Waals surface area (Å²) in [5, 5.41) is 0. The van der Waals surface area contributed by atoms with Gasteiger partial charge in [-0.3, -0.25) is 4.79 Å².